The molecule has 15 heteroatoms. The smallest absolute Gasteiger partial charge is 0.452 e. The third kappa shape index (κ3) is 8.00. The first-order chi connectivity index (χ1) is 19.6. The van der Waals surface area contributed by atoms with Gasteiger partial charge in [0.2, 0.25) is 11.8 Å². The summed E-state index contributed by atoms with van der Waals surface area (Å²) in [6.07, 6.45) is -5.29. The summed E-state index contributed by atoms with van der Waals surface area (Å²) in [6.45, 7) is 1.26. The Morgan fingerprint density at radius 3 is 2.02 bits per heavy atom. The van der Waals surface area contributed by atoms with Crippen LogP contribution in [0, 0.1) is 17.2 Å². The van der Waals surface area contributed by atoms with Crippen LogP contribution in [0.5, 0.6) is 5.75 Å². The van der Waals surface area contributed by atoms with Crippen LogP contribution in [0.3, 0.4) is 0 Å². The van der Waals surface area contributed by atoms with Gasteiger partial charge in [0.15, 0.2) is 0 Å². The Morgan fingerprint density at radius 2 is 1.52 bits per heavy atom. The molecule has 0 heterocycles. The molecule has 0 saturated heterocycles. The van der Waals surface area contributed by atoms with Crippen LogP contribution in [-0.4, -0.2) is 60.6 Å². The van der Waals surface area contributed by atoms with Crippen molar-refractivity contribution in [3.8, 4) is 11.8 Å². The number of Topliss-reactive ketones (excluding diaryl/α,β-unsaturated/α-hetero) is 1. The minimum absolute atomic E-state index is 0.0279. The van der Waals surface area contributed by atoms with Crippen LogP contribution in [0.15, 0.2) is 48.5 Å². The second-order valence-corrected chi connectivity index (χ2v) is 9.25. The lowest BCUT2D eigenvalue weighted by Crippen LogP contribution is -2.56. The molecule has 2 aromatic carbocycles. The zero-order chi connectivity index (χ0) is 31.8. The van der Waals surface area contributed by atoms with Crippen molar-refractivity contribution in [2.45, 2.75) is 44.1 Å². The molecule has 0 unspecified atom stereocenters. The predicted molar refractivity (Wildman–Crippen MR) is 136 cm³/mol. The van der Waals surface area contributed by atoms with Crippen molar-refractivity contribution in [3.63, 3.8) is 0 Å². The molecule has 4 N–H and O–H groups in total. The molecule has 2 rings (SSSR count). The average molecular weight is 599 g/mol. The number of halogens is 5. The number of alkyl halides is 5. The minimum Gasteiger partial charge on any atom is -0.497 e. The first-order valence-electron chi connectivity index (χ1n) is 12.2. The summed E-state index contributed by atoms with van der Waals surface area (Å²) in [6, 6.07) is 5.13. The van der Waals surface area contributed by atoms with Crippen molar-refractivity contribution in [2.24, 2.45) is 5.92 Å². The number of benzene rings is 2. The number of nitriles is 1. The number of aliphatic hydroxyl groups excluding tert-OH is 1. The fraction of sp³-hybridized carbons (Fsp3) is 0.370. The third-order valence-corrected chi connectivity index (χ3v) is 6.00. The summed E-state index contributed by atoms with van der Waals surface area (Å²) in [5.41, 5.74) is -1.52. The molecule has 0 spiro atoms. The van der Waals surface area contributed by atoms with Gasteiger partial charge in [0, 0.05) is 5.56 Å². The maximum atomic E-state index is 14.9. The lowest BCUT2D eigenvalue weighted by molar-refractivity contribution is -0.175. The van der Waals surface area contributed by atoms with E-state index in [-0.39, 0.29) is 5.56 Å². The van der Waals surface area contributed by atoms with E-state index >= 15 is 0 Å². The summed E-state index contributed by atoms with van der Waals surface area (Å²) in [7, 11) is 1.33. The van der Waals surface area contributed by atoms with Crippen molar-refractivity contribution >= 4 is 23.5 Å². The molecular weight excluding hydrogens is 571 g/mol. The number of hydrogen-bond acceptors (Lipinski definition) is 7. The molecule has 0 aromatic heterocycles. The molecule has 2 aromatic rings. The molecule has 0 aliphatic carbocycles. The number of aliphatic hydroxyl groups is 1. The van der Waals surface area contributed by atoms with Gasteiger partial charge in [-0.2, -0.15) is 27.2 Å². The third-order valence-electron chi connectivity index (χ3n) is 6.00. The first-order valence-corrected chi connectivity index (χ1v) is 12.2. The van der Waals surface area contributed by atoms with E-state index in [0.29, 0.717) is 5.75 Å². The van der Waals surface area contributed by atoms with E-state index in [9.17, 15) is 46.2 Å². The quantitative estimate of drug-likeness (QED) is 0.273. The number of hydrogen-bond donors (Lipinski definition) is 4. The van der Waals surface area contributed by atoms with Crippen LogP contribution in [0.2, 0.25) is 0 Å². The van der Waals surface area contributed by atoms with Gasteiger partial charge in [-0.25, -0.2) is 0 Å². The summed E-state index contributed by atoms with van der Waals surface area (Å²) >= 11 is 0. The molecule has 0 aliphatic heterocycles. The minimum atomic E-state index is -5.29. The van der Waals surface area contributed by atoms with Crippen molar-refractivity contribution in [1.82, 2.24) is 16.0 Å². The first kappa shape index (κ1) is 33.6. The number of carbonyl (C=O) groups is 4. The zero-order valence-corrected chi connectivity index (χ0v) is 22.5. The van der Waals surface area contributed by atoms with E-state index in [1.165, 1.54) is 57.4 Å². The van der Waals surface area contributed by atoms with Gasteiger partial charge in [0.1, 0.15) is 17.8 Å². The number of ether oxygens (including phenoxy) is 1. The Hall–Kier alpha value is -4.58. The summed E-state index contributed by atoms with van der Waals surface area (Å²) in [5.74, 6) is -12.0. The number of methoxy groups -OCH3 is 1. The number of carbonyl (C=O) groups excluding carboxylic acids is 4. The fourth-order valence-corrected chi connectivity index (χ4v) is 3.71. The van der Waals surface area contributed by atoms with Crippen LogP contribution >= 0.6 is 0 Å². The van der Waals surface area contributed by atoms with Crippen LogP contribution < -0.4 is 20.7 Å². The molecule has 0 saturated carbocycles. The lowest BCUT2D eigenvalue weighted by Gasteiger charge is -2.27. The van der Waals surface area contributed by atoms with Crippen molar-refractivity contribution < 1.29 is 51.0 Å². The van der Waals surface area contributed by atoms with Gasteiger partial charge in [-0.15, -0.1) is 0 Å². The monoisotopic (exact) mass is 598 g/mol. The number of ketones is 1. The van der Waals surface area contributed by atoms with E-state index in [4.69, 9.17) is 10.00 Å². The Bertz CT molecular complexity index is 1340. The van der Waals surface area contributed by atoms with Crippen LogP contribution in [-0.2, 0) is 25.1 Å². The average Bonchev–Trinajstić information content (AvgIpc) is 2.95. The van der Waals surface area contributed by atoms with Crippen molar-refractivity contribution in [2.75, 3.05) is 13.7 Å². The highest BCUT2D eigenvalue weighted by Gasteiger charge is 2.46. The number of amides is 3. The molecule has 0 bridgehead atoms. The maximum Gasteiger partial charge on any atom is 0.452 e. The summed E-state index contributed by atoms with van der Waals surface area (Å²) in [5, 5.41) is 24.5. The van der Waals surface area contributed by atoms with Gasteiger partial charge in [-0.1, -0.05) is 44.2 Å². The van der Waals surface area contributed by atoms with Crippen LogP contribution in [0.4, 0.5) is 22.0 Å². The zero-order valence-electron chi connectivity index (χ0n) is 22.5. The highest BCUT2D eigenvalue weighted by Crippen LogP contribution is 2.31. The molecular formula is C27H27F5N4O6. The van der Waals surface area contributed by atoms with E-state index in [0.717, 1.165) is 18.2 Å². The molecule has 0 fully saturated rings. The molecule has 3 atom stereocenters. The number of nitrogens with zero attached hydrogens (tertiary/aromatic N) is 1. The van der Waals surface area contributed by atoms with E-state index in [1.54, 1.807) is 5.32 Å². The molecule has 42 heavy (non-hydrogen) atoms. The predicted octanol–water partition coefficient (Wildman–Crippen LogP) is 2.27. The van der Waals surface area contributed by atoms with E-state index < -0.39 is 77.4 Å². The maximum absolute atomic E-state index is 14.9. The molecule has 0 radical (unpaired) electrons. The largest absolute Gasteiger partial charge is 0.497 e. The molecule has 3 amide bonds. The Kier molecular flexibility index (Phi) is 11.1. The second kappa shape index (κ2) is 13.9. The van der Waals surface area contributed by atoms with E-state index in [2.05, 4.69) is 5.32 Å². The highest BCUT2D eigenvalue weighted by atomic mass is 19.4. The topological polar surface area (TPSA) is 158 Å². The summed E-state index contributed by atoms with van der Waals surface area (Å²) in [4.78, 5) is 50.5. The highest BCUT2D eigenvalue weighted by molar-refractivity contribution is 5.97. The number of rotatable bonds is 12. The molecule has 10 nitrogen and oxygen atoms in total. The SMILES string of the molecule is COc1ccc([C@H](NC(=O)[C@H](CO)NC(=O)C(F)(F)c2ccccc2C#N)C(=O)N[C@H](C(=O)C(F)(F)F)C(C)C)cc1. The second-order valence-electron chi connectivity index (χ2n) is 9.25. The van der Waals surface area contributed by atoms with E-state index in [1.807, 2.05) is 5.32 Å². The van der Waals surface area contributed by atoms with Gasteiger partial charge in [0.25, 0.3) is 11.7 Å². The van der Waals surface area contributed by atoms with Gasteiger partial charge in [-0.3, -0.25) is 19.2 Å². The molecule has 0 aliphatic rings. The van der Waals surface area contributed by atoms with Gasteiger partial charge in [-0.05, 0) is 29.7 Å². The van der Waals surface area contributed by atoms with Crippen LogP contribution in [0.1, 0.15) is 36.6 Å². The normalized spacial score (nSPS) is 13.7. The van der Waals surface area contributed by atoms with Gasteiger partial charge < -0.3 is 25.8 Å². The Labute approximate surface area is 236 Å². The Morgan fingerprint density at radius 1 is 0.929 bits per heavy atom. The van der Waals surface area contributed by atoms with Crippen molar-refractivity contribution in [1.29, 1.82) is 5.26 Å². The standard InChI is InChI=1S/C27H27F5N4O6/c1-14(2)20(22(38)27(30,31)32)35-24(40)21(15-8-10-17(42-3)11-9-15)36-23(39)19(13-37)34-25(41)26(28,29)18-7-5-4-6-16(18)12-33/h4-11,14,19-21,37H,13H2,1-3H3,(H,34,41)(H,35,40)(H,36,39)/t19-,20-,21-/m0/s1. The Balaban J connectivity index is 2.37. The van der Waals surface area contributed by atoms with Crippen molar-refractivity contribution in [3.05, 3.63) is 65.2 Å². The van der Waals surface area contributed by atoms with Gasteiger partial charge >= 0.3 is 12.1 Å². The lowest BCUT2D eigenvalue weighted by atomic mass is 9.97. The number of nitrogens with one attached hydrogen (secondary N) is 3. The van der Waals surface area contributed by atoms with Crippen LogP contribution in [0.25, 0.3) is 0 Å². The fourth-order valence-electron chi connectivity index (χ4n) is 3.71. The van der Waals surface area contributed by atoms with Gasteiger partial charge in [0.05, 0.1) is 31.4 Å². The summed E-state index contributed by atoms with van der Waals surface area (Å²) < 4.78 is 74.2. The molecule has 226 valence electrons.